The monoisotopic (exact) mass is 337 g/mol. The highest BCUT2D eigenvalue weighted by molar-refractivity contribution is 6.36. The molecule has 0 fully saturated rings. The SMILES string of the molecule is COC(=O)c1ccc(CON=Cc2ccc(Cl)cc2Cl)cc1. The molecule has 6 heteroatoms. The Balaban J connectivity index is 1.90. The van der Waals surface area contributed by atoms with E-state index < -0.39 is 0 Å². The predicted octanol–water partition coefficient (Wildman–Crippen LogP) is 4.33. The van der Waals surface area contributed by atoms with E-state index >= 15 is 0 Å². The van der Waals surface area contributed by atoms with Gasteiger partial charge in [0.1, 0.15) is 6.61 Å². The first-order valence-electron chi connectivity index (χ1n) is 6.38. The van der Waals surface area contributed by atoms with Crippen molar-refractivity contribution in [1.82, 2.24) is 0 Å². The van der Waals surface area contributed by atoms with Crippen LogP contribution < -0.4 is 0 Å². The Morgan fingerprint density at radius 2 is 1.91 bits per heavy atom. The van der Waals surface area contributed by atoms with Gasteiger partial charge < -0.3 is 9.57 Å². The minimum absolute atomic E-state index is 0.281. The lowest BCUT2D eigenvalue weighted by Gasteiger charge is -2.02. The van der Waals surface area contributed by atoms with E-state index in [0.717, 1.165) is 5.56 Å². The van der Waals surface area contributed by atoms with Crippen LogP contribution >= 0.6 is 23.2 Å². The molecule has 2 aromatic carbocycles. The van der Waals surface area contributed by atoms with Gasteiger partial charge in [0.2, 0.25) is 0 Å². The molecule has 114 valence electrons. The molecule has 2 rings (SSSR count). The van der Waals surface area contributed by atoms with Crippen molar-refractivity contribution in [3.05, 3.63) is 69.2 Å². The van der Waals surface area contributed by atoms with Crippen molar-refractivity contribution in [2.75, 3.05) is 7.11 Å². The number of methoxy groups -OCH3 is 1. The number of nitrogens with zero attached hydrogens (tertiary/aromatic N) is 1. The van der Waals surface area contributed by atoms with E-state index in [4.69, 9.17) is 28.0 Å². The Hall–Kier alpha value is -2.04. The van der Waals surface area contributed by atoms with Crippen LogP contribution in [0.3, 0.4) is 0 Å². The zero-order valence-corrected chi connectivity index (χ0v) is 13.3. The maximum Gasteiger partial charge on any atom is 0.337 e. The van der Waals surface area contributed by atoms with Gasteiger partial charge in [0.05, 0.1) is 23.9 Å². The lowest BCUT2D eigenvalue weighted by atomic mass is 10.1. The van der Waals surface area contributed by atoms with Gasteiger partial charge in [-0.3, -0.25) is 0 Å². The minimum atomic E-state index is -0.372. The fraction of sp³-hybridized carbons (Fsp3) is 0.125. The van der Waals surface area contributed by atoms with Gasteiger partial charge in [0, 0.05) is 10.6 Å². The average molecular weight is 338 g/mol. The van der Waals surface area contributed by atoms with E-state index in [0.29, 0.717) is 21.2 Å². The number of benzene rings is 2. The fourth-order valence-electron chi connectivity index (χ4n) is 1.67. The lowest BCUT2D eigenvalue weighted by Crippen LogP contribution is -2.01. The first kappa shape index (κ1) is 16.3. The van der Waals surface area contributed by atoms with Crippen LogP contribution in [-0.2, 0) is 16.2 Å². The zero-order chi connectivity index (χ0) is 15.9. The van der Waals surface area contributed by atoms with Crippen LogP contribution in [0.15, 0.2) is 47.6 Å². The molecule has 0 aliphatic carbocycles. The van der Waals surface area contributed by atoms with Crippen molar-refractivity contribution in [2.45, 2.75) is 6.61 Å². The summed E-state index contributed by atoms with van der Waals surface area (Å²) in [6, 6.07) is 12.0. The molecule has 0 N–H and O–H groups in total. The fourth-order valence-corrected chi connectivity index (χ4v) is 2.12. The van der Waals surface area contributed by atoms with Crippen molar-refractivity contribution in [1.29, 1.82) is 0 Å². The molecule has 0 saturated carbocycles. The van der Waals surface area contributed by atoms with Crippen molar-refractivity contribution in [2.24, 2.45) is 5.16 Å². The first-order valence-corrected chi connectivity index (χ1v) is 7.13. The van der Waals surface area contributed by atoms with E-state index in [9.17, 15) is 4.79 Å². The third kappa shape index (κ3) is 4.48. The number of rotatable bonds is 5. The summed E-state index contributed by atoms with van der Waals surface area (Å²) in [5.41, 5.74) is 2.09. The molecule has 0 heterocycles. The molecule has 0 saturated heterocycles. The van der Waals surface area contributed by atoms with Crippen LogP contribution in [0.5, 0.6) is 0 Å². The molecule has 0 atom stereocenters. The maximum absolute atomic E-state index is 11.3. The maximum atomic E-state index is 11.3. The van der Waals surface area contributed by atoms with Crippen LogP contribution in [0, 0.1) is 0 Å². The quantitative estimate of drug-likeness (QED) is 0.463. The largest absolute Gasteiger partial charge is 0.465 e. The van der Waals surface area contributed by atoms with Gasteiger partial charge >= 0.3 is 5.97 Å². The summed E-state index contributed by atoms with van der Waals surface area (Å²) < 4.78 is 4.63. The summed E-state index contributed by atoms with van der Waals surface area (Å²) in [5, 5.41) is 4.92. The highest BCUT2D eigenvalue weighted by Crippen LogP contribution is 2.19. The van der Waals surface area contributed by atoms with E-state index in [1.54, 1.807) is 42.5 Å². The highest BCUT2D eigenvalue weighted by Gasteiger charge is 2.04. The van der Waals surface area contributed by atoms with Gasteiger partial charge in [0.25, 0.3) is 0 Å². The second kappa shape index (κ2) is 7.82. The van der Waals surface area contributed by atoms with Crippen molar-refractivity contribution in [3.63, 3.8) is 0 Å². The summed E-state index contributed by atoms with van der Waals surface area (Å²) in [5.74, 6) is -0.372. The third-order valence-electron chi connectivity index (χ3n) is 2.84. The van der Waals surface area contributed by atoms with Crippen molar-refractivity contribution < 1.29 is 14.4 Å². The number of hydrogen-bond donors (Lipinski definition) is 0. The van der Waals surface area contributed by atoms with Gasteiger partial charge in [-0.1, -0.05) is 46.6 Å². The molecular formula is C16H13Cl2NO3. The summed E-state index contributed by atoms with van der Waals surface area (Å²) in [7, 11) is 1.34. The Labute approximate surface area is 138 Å². The molecule has 0 aromatic heterocycles. The molecule has 22 heavy (non-hydrogen) atoms. The Morgan fingerprint density at radius 1 is 1.18 bits per heavy atom. The van der Waals surface area contributed by atoms with Crippen LogP contribution in [0.25, 0.3) is 0 Å². The molecule has 0 spiro atoms. The van der Waals surface area contributed by atoms with Crippen molar-refractivity contribution in [3.8, 4) is 0 Å². The highest BCUT2D eigenvalue weighted by atomic mass is 35.5. The number of carbonyl (C=O) groups is 1. The second-order valence-corrected chi connectivity index (χ2v) is 5.21. The molecule has 0 aliphatic rings. The number of hydrogen-bond acceptors (Lipinski definition) is 4. The molecule has 0 unspecified atom stereocenters. The Morgan fingerprint density at radius 3 is 2.55 bits per heavy atom. The van der Waals surface area contributed by atoms with E-state index in [1.807, 2.05) is 0 Å². The average Bonchev–Trinajstić information content (AvgIpc) is 2.53. The summed E-state index contributed by atoms with van der Waals surface area (Å²) in [4.78, 5) is 16.5. The lowest BCUT2D eigenvalue weighted by molar-refractivity contribution is 0.0600. The molecule has 0 aliphatic heterocycles. The van der Waals surface area contributed by atoms with Crippen LogP contribution in [-0.4, -0.2) is 19.3 Å². The van der Waals surface area contributed by atoms with Gasteiger partial charge in [-0.15, -0.1) is 0 Å². The first-order chi connectivity index (χ1) is 10.6. The van der Waals surface area contributed by atoms with Crippen LogP contribution in [0.4, 0.5) is 0 Å². The topological polar surface area (TPSA) is 47.9 Å². The number of halogens is 2. The van der Waals surface area contributed by atoms with E-state index in [1.165, 1.54) is 13.3 Å². The molecule has 0 amide bonds. The molecule has 0 bridgehead atoms. The van der Waals surface area contributed by atoms with Crippen LogP contribution in [0.1, 0.15) is 21.5 Å². The number of carbonyl (C=O) groups excluding carboxylic acids is 1. The number of esters is 1. The standard InChI is InChI=1S/C16H13Cl2NO3/c1-21-16(20)12-4-2-11(3-5-12)10-22-19-9-13-6-7-14(17)8-15(13)18/h2-9H,10H2,1H3. The van der Waals surface area contributed by atoms with Gasteiger partial charge in [-0.05, 0) is 29.8 Å². The number of oxime groups is 1. The predicted molar refractivity (Wildman–Crippen MR) is 86.6 cm³/mol. The van der Waals surface area contributed by atoms with Gasteiger partial charge in [-0.25, -0.2) is 4.79 Å². The molecule has 2 aromatic rings. The minimum Gasteiger partial charge on any atom is -0.465 e. The second-order valence-electron chi connectivity index (χ2n) is 4.36. The zero-order valence-electron chi connectivity index (χ0n) is 11.8. The Kier molecular flexibility index (Phi) is 5.81. The summed E-state index contributed by atoms with van der Waals surface area (Å²) in [6.07, 6.45) is 1.52. The summed E-state index contributed by atoms with van der Waals surface area (Å²) >= 11 is 11.8. The normalized spacial score (nSPS) is 10.7. The molecular weight excluding hydrogens is 325 g/mol. The third-order valence-corrected chi connectivity index (χ3v) is 3.40. The molecule has 4 nitrogen and oxygen atoms in total. The van der Waals surface area contributed by atoms with Gasteiger partial charge in [0.15, 0.2) is 0 Å². The van der Waals surface area contributed by atoms with E-state index in [-0.39, 0.29) is 12.6 Å². The smallest absolute Gasteiger partial charge is 0.337 e. The van der Waals surface area contributed by atoms with Crippen molar-refractivity contribution >= 4 is 35.4 Å². The van der Waals surface area contributed by atoms with Gasteiger partial charge in [-0.2, -0.15) is 0 Å². The Bertz CT molecular complexity index is 684. The number of ether oxygens (including phenoxy) is 1. The van der Waals surface area contributed by atoms with Crippen LogP contribution in [0.2, 0.25) is 10.0 Å². The summed E-state index contributed by atoms with van der Waals surface area (Å²) in [6.45, 7) is 0.281. The van der Waals surface area contributed by atoms with E-state index in [2.05, 4.69) is 9.89 Å². The molecule has 0 radical (unpaired) electrons.